The molecule has 18 heavy (non-hydrogen) atoms. The quantitative estimate of drug-likeness (QED) is 0.597. The van der Waals surface area contributed by atoms with Gasteiger partial charge >= 0.3 is 0 Å². The summed E-state index contributed by atoms with van der Waals surface area (Å²) in [4.78, 5) is 0. The summed E-state index contributed by atoms with van der Waals surface area (Å²) in [5, 5.41) is 4.13. The van der Waals surface area contributed by atoms with Gasteiger partial charge in [0.05, 0.1) is 18.8 Å². The van der Waals surface area contributed by atoms with Gasteiger partial charge < -0.3 is 4.74 Å². The Bertz CT molecular complexity index is 469. The maximum absolute atomic E-state index is 5.64. The molecule has 1 aromatic carbocycles. The number of ether oxygens (including phenoxy) is 1. The van der Waals surface area contributed by atoms with Gasteiger partial charge in [0.1, 0.15) is 5.75 Å². The minimum Gasteiger partial charge on any atom is -0.494 e. The van der Waals surface area contributed by atoms with Gasteiger partial charge in [-0.25, -0.2) is 0 Å². The van der Waals surface area contributed by atoms with Crippen molar-refractivity contribution in [2.45, 2.75) is 12.5 Å². The van der Waals surface area contributed by atoms with Crippen LogP contribution in [0.25, 0.3) is 0 Å². The molecule has 0 aliphatic carbocycles. The number of nitrogens with zero attached hydrogens (tertiary/aromatic N) is 2. The van der Waals surface area contributed by atoms with Crippen molar-refractivity contribution in [3.05, 3.63) is 48.3 Å². The maximum atomic E-state index is 5.64. The third kappa shape index (κ3) is 3.32. The Hall–Kier alpha value is -1.85. The highest BCUT2D eigenvalue weighted by Crippen LogP contribution is 2.16. The summed E-state index contributed by atoms with van der Waals surface area (Å²) in [5.74, 6) is 6.43. The van der Waals surface area contributed by atoms with Gasteiger partial charge in [0.15, 0.2) is 0 Å². The third-order valence-corrected chi connectivity index (χ3v) is 2.75. The number of aromatic nitrogens is 2. The lowest BCUT2D eigenvalue weighted by atomic mass is 10.1. The number of nitrogens with two attached hydrogens (primary N) is 1. The Kier molecular flexibility index (Phi) is 4.33. The first-order chi connectivity index (χ1) is 8.79. The van der Waals surface area contributed by atoms with Gasteiger partial charge in [-0.05, 0) is 12.1 Å². The Morgan fingerprint density at radius 2 is 2.17 bits per heavy atom. The van der Waals surface area contributed by atoms with Gasteiger partial charge in [-0.3, -0.25) is 16.0 Å². The number of hydrazine groups is 1. The lowest BCUT2D eigenvalue weighted by molar-refractivity contribution is 0.287. The zero-order valence-electron chi connectivity index (χ0n) is 10.4. The molecule has 1 aromatic heterocycles. The molecule has 0 fully saturated rings. The van der Waals surface area contributed by atoms with Crippen molar-refractivity contribution in [1.82, 2.24) is 15.2 Å². The summed E-state index contributed by atoms with van der Waals surface area (Å²) >= 11 is 0. The molecular weight excluding hydrogens is 228 g/mol. The SMILES string of the molecule is Cn1cc(C(CCOc2ccccc2)NN)cn1. The molecule has 1 heterocycles. The average Bonchev–Trinajstić information content (AvgIpc) is 2.82. The number of rotatable bonds is 6. The van der Waals surface area contributed by atoms with Gasteiger partial charge in [0.25, 0.3) is 0 Å². The Labute approximate surface area is 107 Å². The average molecular weight is 246 g/mol. The Morgan fingerprint density at radius 1 is 1.39 bits per heavy atom. The minimum atomic E-state index is 0.0578. The predicted octanol–water partition coefficient (Wildman–Crippen LogP) is 1.39. The van der Waals surface area contributed by atoms with E-state index in [1.165, 1.54) is 0 Å². The standard InChI is InChI=1S/C13H18N4O/c1-17-10-11(9-15-17)13(16-14)7-8-18-12-5-3-2-4-6-12/h2-6,9-10,13,16H,7-8,14H2,1H3. The molecule has 0 aliphatic rings. The van der Waals surface area contributed by atoms with E-state index < -0.39 is 0 Å². The Balaban J connectivity index is 1.85. The van der Waals surface area contributed by atoms with Crippen molar-refractivity contribution in [3.8, 4) is 5.75 Å². The molecule has 0 amide bonds. The van der Waals surface area contributed by atoms with Crippen molar-refractivity contribution in [1.29, 1.82) is 0 Å². The molecule has 1 atom stereocenters. The second kappa shape index (κ2) is 6.18. The number of aryl methyl sites for hydroxylation is 1. The second-order valence-corrected chi connectivity index (χ2v) is 4.12. The van der Waals surface area contributed by atoms with Crippen LogP contribution in [0.5, 0.6) is 5.75 Å². The summed E-state index contributed by atoms with van der Waals surface area (Å²) in [6.07, 6.45) is 4.55. The van der Waals surface area contributed by atoms with Crippen molar-refractivity contribution < 1.29 is 4.74 Å². The van der Waals surface area contributed by atoms with Gasteiger partial charge in [-0.15, -0.1) is 0 Å². The van der Waals surface area contributed by atoms with Gasteiger partial charge in [-0.1, -0.05) is 18.2 Å². The van der Waals surface area contributed by atoms with Crippen LogP contribution in [0.1, 0.15) is 18.0 Å². The van der Waals surface area contributed by atoms with E-state index in [1.54, 1.807) is 4.68 Å². The fourth-order valence-electron chi connectivity index (χ4n) is 1.78. The monoisotopic (exact) mass is 246 g/mol. The fourth-order valence-corrected chi connectivity index (χ4v) is 1.78. The molecule has 5 nitrogen and oxygen atoms in total. The summed E-state index contributed by atoms with van der Waals surface area (Å²) in [6.45, 7) is 0.605. The first-order valence-electron chi connectivity index (χ1n) is 5.92. The van der Waals surface area contributed by atoms with Crippen LogP contribution in [0.4, 0.5) is 0 Å². The fraction of sp³-hybridized carbons (Fsp3) is 0.308. The summed E-state index contributed by atoms with van der Waals surface area (Å²) in [5.41, 5.74) is 3.85. The van der Waals surface area contributed by atoms with E-state index in [2.05, 4.69) is 10.5 Å². The topological polar surface area (TPSA) is 65.1 Å². The number of nitrogens with one attached hydrogen (secondary N) is 1. The normalized spacial score (nSPS) is 12.3. The Morgan fingerprint density at radius 3 is 2.78 bits per heavy atom. The van der Waals surface area contributed by atoms with Crippen LogP contribution in [0, 0.1) is 0 Å². The number of hydrogen-bond donors (Lipinski definition) is 2. The number of hydrogen-bond acceptors (Lipinski definition) is 4. The summed E-state index contributed by atoms with van der Waals surface area (Å²) in [6, 6.07) is 9.81. The second-order valence-electron chi connectivity index (χ2n) is 4.12. The lowest BCUT2D eigenvalue weighted by Crippen LogP contribution is -2.29. The van der Waals surface area contributed by atoms with Gasteiger partial charge in [0.2, 0.25) is 0 Å². The van der Waals surface area contributed by atoms with Crippen LogP contribution in [-0.4, -0.2) is 16.4 Å². The summed E-state index contributed by atoms with van der Waals surface area (Å²) < 4.78 is 7.41. The molecule has 0 spiro atoms. The smallest absolute Gasteiger partial charge is 0.119 e. The van der Waals surface area contributed by atoms with Crippen LogP contribution in [0.15, 0.2) is 42.7 Å². The van der Waals surface area contributed by atoms with Crippen LogP contribution in [0.3, 0.4) is 0 Å². The predicted molar refractivity (Wildman–Crippen MR) is 69.8 cm³/mol. The highest BCUT2D eigenvalue weighted by Gasteiger charge is 2.11. The molecule has 3 N–H and O–H groups in total. The van der Waals surface area contributed by atoms with Crippen LogP contribution < -0.4 is 16.0 Å². The first kappa shape index (κ1) is 12.6. The van der Waals surface area contributed by atoms with Gasteiger partial charge in [-0.2, -0.15) is 5.10 Å². The zero-order valence-corrected chi connectivity index (χ0v) is 10.4. The van der Waals surface area contributed by atoms with Crippen molar-refractivity contribution in [3.63, 3.8) is 0 Å². The van der Waals surface area contributed by atoms with Crippen molar-refractivity contribution in [2.24, 2.45) is 12.9 Å². The lowest BCUT2D eigenvalue weighted by Gasteiger charge is -2.14. The van der Waals surface area contributed by atoms with E-state index in [0.29, 0.717) is 6.61 Å². The highest BCUT2D eigenvalue weighted by molar-refractivity contribution is 5.21. The summed E-state index contributed by atoms with van der Waals surface area (Å²) in [7, 11) is 1.89. The number of benzene rings is 1. The largest absolute Gasteiger partial charge is 0.494 e. The van der Waals surface area contributed by atoms with Crippen LogP contribution in [-0.2, 0) is 7.05 Å². The molecule has 1 unspecified atom stereocenters. The molecule has 0 aliphatic heterocycles. The first-order valence-corrected chi connectivity index (χ1v) is 5.92. The van der Waals surface area contributed by atoms with E-state index in [4.69, 9.17) is 10.6 Å². The van der Waals surface area contributed by atoms with E-state index in [9.17, 15) is 0 Å². The minimum absolute atomic E-state index is 0.0578. The van der Waals surface area contributed by atoms with E-state index in [0.717, 1.165) is 17.7 Å². The molecular formula is C13H18N4O. The number of para-hydroxylation sites is 1. The highest BCUT2D eigenvalue weighted by atomic mass is 16.5. The van der Waals surface area contributed by atoms with Crippen LogP contribution in [0.2, 0.25) is 0 Å². The van der Waals surface area contributed by atoms with E-state index in [1.807, 2.05) is 49.8 Å². The molecule has 96 valence electrons. The van der Waals surface area contributed by atoms with Crippen molar-refractivity contribution in [2.75, 3.05) is 6.61 Å². The zero-order chi connectivity index (χ0) is 12.8. The molecule has 0 radical (unpaired) electrons. The van der Waals surface area contributed by atoms with Crippen LogP contribution >= 0.6 is 0 Å². The molecule has 0 saturated carbocycles. The van der Waals surface area contributed by atoms with E-state index in [-0.39, 0.29) is 6.04 Å². The third-order valence-electron chi connectivity index (χ3n) is 2.75. The van der Waals surface area contributed by atoms with Gasteiger partial charge in [0, 0.05) is 25.2 Å². The molecule has 0 bridgehead atoms. The van der Waals surface area contributed by atoms with E-state index >= 15 is 0 Å². The molecule has 2 rings (SSSR count). The molecule has 5 heteroatoms. The maximum Gasteiger partial charge on any atom is 0.119 e. The molecule has 0 saturated heterocycles. The molecule has 2 aromatic rings. The van der Waals surface area contributed by atoms with Crippen molar-refractivity contribution >= 4 is 0 Å².